The van der Waals surface area contributed by atoms with Crippen molar-refractivity contribution in [2.75, 3.05) is 0 Å². The number of benzene rings is 2. The van der Waals surface area contributed by atoms with Gasteiger partial charge in [0.15, 0.2) is 0 Å². The Morgan fingerprint density at radius 1 is 1.00 bits per heavy atom. The molecule has 1 nitrogen and oxygen atoms in total. The van der Waals surface area contributed by atoms with Gasteiger partial charge in [0.05, 0.1) is 0 Å². The molecule has 1 unspecified atom stereocenters. The Bertz CT molecular complexity index is 638. The van der Waals surface area contributed by atoms with Crippen molar-refractivity contribution >= 4 is 0 Å². The summed E-state index contributed by atoms with van der Waals surface area (Å²) in [4.78, 5) is 0. The SMILES string of the molecule is Cc1ccc(F)cc1CC(N)c1c(F)ccc(C)c1F. The van der Waals surface area contributed by atoms with Gasteiger partial charge in [-0.1, -0.05) is 12.1 Å². The van der Waals surface area contributed by atoms with Crippen molar-refractivity contribution in [3.63, 3.8) is 0 Å². The van der Waals surface area contributed by atoms with Gasteiger partial charge in [0.25, 0.3) is 0 Å². The lowest BCUT2D eigenvalue weighted by molar-refractivity contribution is 0.519. The Morgan fingerprint density at radius 2 is 1.65 bits per heavy atom. The molecule has 0 aromatic heterocycles. The Labute approximate surface area is 116 Å². The summed E-state index contributed by atoms with van der Waals surface area (Å²) in [6.07, 6.45) is 0.181. The molecule has 0 radical (unpaired) electrons. The number of hydrogen-bond donors (Lipinski definition) is 1. The van der Waals surface area contributed by atoms with Crippen LogP contribution in [0.3, 0.4) is 0 Å². The zero-order valence-corrected chi connectivity index (χ0v) is 11.4. The van der Waals surface area contributed by atoms with Gasteiger partial charge in [-0.3, -0.25) is 0 Å². The molecule has 1 atom stereocenters. The van der Waals surface area contributed by atoms with E-state index in [9.17, 15) is 13.2 Å². The van der Waals surface area contributed by atoms with E-state index in [2.05, 4.69) is 0 Å². The van der Waals surface area contributed by atoms with Gasteiger partial charge in [0.1, 0.15) is 17.5 Å². The van der Waals surface area contributed by atoms with E-state index in [1.807, 2.05) is 6.92 Å². The highest BCUT2D eigenvalue weighted by Gasteiger charge is 2.19. The molecule has 2 N–H and O–H groups in total. The van der Waals surface area contributed by atoms with Crippen LogP contribution in [0.1, 0.15) is 28.3 Å². The van der Waals surface area contributed by atoms with Gasteiger partial charge >= 0.3 is 0 Å². The second kappa shape index (κ2) is 5.67. The van der Waals surface area contributed by atoms with Crippen LogP contribution in [-0.4, -0.2) is 0 Å². The molecule has 0 saturated heterocycles. The van der Waals surface area contributed by atoms with Crippen molar-refractivity contribution in [1.82, 2.24) is 0 Å². The van der Waals surface area contributed by atoms with Crippen LogP contribution < -0.4 is 5.73 Å². The minimum atomic E-state index is -0.851. The first kappa shape index (κ1) is 14.6. The molecule has 0 heterocycles. The first-order chi connectivity index (χ1) is 9.40. The molecule has 4 heteroatoms. The number of rotatable bonds is 3. The summed E-state index contributed by atoms with van der Waals surface area (Å²) >= 11 is 0. The molecule has 2 aromatic carbocycles. The van der Waals surface area contributed by atoms with E-state index in [1.165, 1.54) is 24.3 Å². The Kier molecular flexibility index (Phi) is 4.14. The maximum atomic E-state index is 14.0. The highest BCUT2D eigenvalue weighted by molar-refractivity contribution is 5.33. The topological polar surface area (TPSA) is 26.0 Å². The highest BCUT2D eigenvalue weighted by Crippen LogP contribution is 2.25. The third kappa shape index (κ3) is 2.85. The number of hydrogen-bond acceptors (Lipinski definition) is 1. The molecule has 0 amide bonds. The lowest BCUT2D eigenvalue weighted by atomic mass is 9.95. The highest BCUT2D eigenvalue weighted by atomic mass is 19.1. The van der Waals surface area contributed by atoms with Gasteiger partial charge in [-0.15, -0.1) is 0 Å². The third-order valence-electron chi connectivity index (χ3n) is 3.44. The molecule has 20 heavy (non-hydrogen) atoms. The summed E-state index contributed by atoms with van der Waals surface area (Å²) in [7, 11) is 0. The van der Waals surface area contributed by atoms with Gasteiger partial charge in [-0.05, 0) is 55.2 Å². The number of nitrogens with two attached hydrogens (primary N) is 1. The third-order valence-corrected chi connectivity index (χ3v) is 3.44. The van der Waals surface area contributed by atoms with E-state index in [-0.39, 0.29) is 17.8 Å². The zero-order valence-electron chi connectivity index (χ0n) is 11.4. The Morgan fingerprint density at radius 3 is 2.35 bits per heavy atom. The number of aryl methyl sites for hydroxylation is 2. The number of halogens is 3. The summed E-state index contributed by atoms with van der Waals surface area (Å²) in [6.45, 7) is 3.36. The van der Waals surface area contributed by atoms with Crippen molar-refractivity contribution in [2.24, 2.45) is 5.73 Å². The lowest BCUT2D eigenvalue weighted by Gasteiger charge is -2.16. The molecule has 0 aliphatic rings. The Balaban J connectivity index is 2.35. The average molecular weight is 279 g/mol. The van der Waals surface area contributed by atoms with Crippen LogP contribution in [0.25, 0.3) is 0 Å². The summed E-state index contributed by atoms with van der Waals surface area (Å²) < 4.78 is 41.0. The fourth-order valence-electron chi connectivity index (χ4n) is 2.22. The van der Waals surface area contributed by atoms with Crippen LogP contribution in [0.15, 0.2) is 30.3 Å². The minimum Gasteiger partial charge on any atom is -0.323 e. The lowest BCUT2D eigenvalue weighted by Crippen LogP contribution is -2.18. The van der Waals surface area contributed by atoms with Crippen LogP contribution >= 0.6 is 0 Å². The molecule has 0 spiro atoms. The van der Waals surface area contributed by atoms with Crippen molar-refractivity contribution in [3.8, 4) is 0 Å². The maximum absolute atomic E-state index is 14.0. The molecule has 0 aliphatic heterocycles. The van der Waals surface area contributed by atoms with Crippen molar-refractivity contribution in [1.29, 1.82) is 0 Å². The summed E-state index contributed by atoms with van der Waals surface area (Å²) in [5.74, 6) is -1.69. The van der Waals surface area contributed by atoms with E-state index in [0.29, 0.717) is 11.1 Å². The normalized spacial score (nSPS) is 12.5. The van der Waals surface area contributed by atoms with Crippen LogP contribution in [0.4, 0.5) is 13.2 Å². The predicted octanol–water partition coefficient (Wildman–Crippen LogP) is 3.96. The van der Waals surface area contributed by atoms with Crippen molar-refractivity contribution in [3.05, 3.63) is 70.0 Å². The zero-order chi connectivity index (χ0) is 14.9. The first-order valence-electron chi connectivity index (χ1n) is 6.35. The van der Waals surface area contributed by atoms with Gasteiger partial charge in [-0.2, -0.15) is 0 Å². The van der Waals surface area contributed by atoms with Crippen molar-refractivity contribution in [2.45, 2.75) is 26.3 Å². The van der Waals surface area contributed by atoms with Crippen LogP contribution in [0, 0.1) is 31.3 Å². The molecule has 0 saturated carbocycles. The van der Waals surface area contributed by atoms with Crippen LogP contribution in [0.5, 0.6) is 0 Å². The van der Waals surface area contributed by atoms with E-state index in [1.54, 1.807) is 13.0 Å². The Hall–Kier alpha value is -1.81. The maximum Gasteiger partial charge on any atom is 0.133 e. The molecule has 106 valence electrons. The summed E-state index contributed by atoms with van der Waals surface area (Å²) in [5, 5.41) is 0. The molecular weight excluding hydrogens is 263 g/mol. The monoisotopic (exact) mass is 279 g/mol. The molecule has 0 bridgehead atoms. The average Bonchev–Trinajstić information content (AvgIpc) is 2.39. The van der Waals surface area contributed by atoms with E-state index in [4.69, 9.17) is 5.73 Å². The van der Waals surface area contributed by atoms with Gasteiger partial charge in [0.2, 0.25) is 0 Å². The molecule has 2 rings (SSSR count). The minimum absolute atomic E-state index is 0.145. The van der Waals surface area contributed by atoms with E-state index in [0.717, 1.165) is 5.56 Å². The smallest absolute Gasteiger partial charge is 0.133 e. The molecule has 2 aromatic rings. The van der Waals surface area contributed by atoms with Gasteiger partial charge < -0.3 is 5.73 Å². The molecule has 0 aliphatic carbocycles. The summed E-state index contributed by atoms with van der Waals surface area (Å²) in [5.41, 5.74) is 7.60. The fourth-order valence-corrected chi connectivity index (χ4v) is 2.22. The second-order valence-corrected chi connectivity index (χ2v) is 4.97. The molecule has 0 fully saturated rings. The quantitative estimate of drug-likeness (QED) is 0.904. The largest absolute Gasteiger partial charge is 0.323 e. The fraction of sp³-hybridized carbons (Fsp3) is 0.250. The van der Waals surface area contributed by atoms with E-state index >= 15 is 0 Å². The van der Waals surface area contributed by atoms with Gasteiger partial charge in [-0.25, -0.2) is 13.2 Å². The predicted molar refractivity (Wildman–Crippen MR) is 72.9 cm³/mol. The standard InChI is InChI=1S/C16H16F3N/c1-9-3-5-12(17)7-11(9)8-14(20)15-13(18)6-4-10(2)16(15)19/h3-7,14H,8,20H2,1-2H3. The van der Waals surface area contributed by atoms with E-state index < -0.39 is 17.7 Å². The van der Waals surface area contributed by atoms with Crippen molar-refractivity contribution < 1.29 is 13.2 Å². The first-order valence-corrected chi connectivity index (χ1v) is 6.35. The molecular formula is C16H16F3N. The van der Waals surface area contributed by atoms with Crippen LogP contribution in [0.2, 0.25) is 0 Å². The van der Waals surface area contributed by atoms with Gasteiger partial charge in [0, 0.05) is 11.6 Å². The summed E-state index contributed by atoms with van der Waals surface area (Å²) in [6, 6.07) is 6.04. The van der Waals surface area contributed by atoms with Crippen LogP contribution in [-0.2, 0) is 6.42 Å². The second-order valence-electron chi connectivity index (χ2n) is 4.97.